The van der Waals surface area contributed by atoms with Gasteiger partial charge in [-0.3, -0.25) is 4.68 Å². The summed E-state index contributed by atoms with van der Waals surface area (Å²) < 4.78 is 45.6. The SMILES string of the molecule is Cn1nc(-c2ccc(S(C)(=O)=O)cc2F)c2ncnc(OC3CCN(C(=O)O)CC3)c21. The van der Waals surface area contributed by atoms with E-state index in [0.29, 0.717) is 37.0 Å². The number of benzene rings is 1. The number of carboxylic acid groups (broad SMARTS) is 1. The van der Waals surface area contributed by atoms with Crippen molar-refractivity contribution >= 4 is 27.0 Å². The normalized spacial score (nSPS) is 15.4. The molecule has 0 bridgehead atoms. The quantitative estimate of drug-likeness (QED) is 0.641. The van der Waals surface area contributed by atoms with Crippen molar-refractivity contribution in [2.45, 2.75) is 23.8 Å². The first-order valence-electron chi connectivity index (χ1n) is 9.47. The van der Waals surface area contributed by atoms with Crippen molar-refractivity contribution in [1.82, 2.24) is 24.6 Å². The zero-order chi connectivity index (χ0) is 22.3. The molecule has 31 heavy (non-hydrogen) atoms. The lowest BCUT2D eigenvalue weighted by Gasteiger charge is -2.29. The molecule has 0 aliphatic carbocycles. The molecule has 10 nitrogen and oxygen atoms in total. The molecular formula is C19H20FN5O5S. The van der Waals surface area contributed by atoms with Crippen molar-refractivity contribution in [3.8, 4) is 17.1 Å². The second-order valence-corrected chi connectivity index (χ2v) is 9.36. The lowest BCUT2D eigenvalue weighted by molar-refractivity contribution is 0.0877. The first-order chi connectivity index (χ1) is 14.6. The number of halogens is 1. The van der Waals surface area contributed by atoms with Crippen LogP contribution >= 0.6 is 0 Å². The van der Waals surface area contributed by atoms with Crippen molar-refractivity contribution in [2.75, 3.05) is 19.3 Å². The average molecular weight is 449 g/mol. The van der Waals surface area contributed by atoms with E-state index in [0.717, 1.165) is 12.3 Å². The Morgan fingerprint density at radius 1 is 1.26 bits per heavy atom. The predicted octanol–water partition coefficient (Wildman–Crippen LogP) is 2.09. The number of likely N-dealkylation sites (tertiary alicyclic amines) is 1. The Morgan fingerprint density at radius 2 is 1.97 bits per heavy atom. The first kappa shape index (κ1) is 21.0. The number of fused-ring (bicyclic) bond motifs is 1. The van der Waals surface area contributed by atoms with E-state index in [1.165, 1.54) is 28.0 Å². The van der Waals surface area contributed by atoms with Gasteiger partial charge in [-0.1, -0.05) is 0 Å². The van der Waals surface area contributed by atoms with Crippen LogP contribution in [0.25, 0.3) is 22.3 Å². The van der Waals surface area contributed by atoms with Gasteiger partial charge in [-0.2, -0.15) is 10.1 Å². The Kier molecular flexibility index (Phi) is 5.25. The monoisotopic (exact) mass is 449 g/mol. The van der Waals surface area contributed by atoms with Gasteiger partial charge in [-0.25, -0.2) is 22.6 Å². The Hall–Kier alpha value is -3.28. The maximum Gasteiger partial charge on any atom is 0.407 e. The summed E-state index contributed by atoms with van der Waals surface area (Å²) in [6, 6.07) is 3.64. The van der Waals surface area contributed by atoms with Crippen LogP contribution in [0.1, 0.15) is 12.8 Å². The summed E-state index contributed by atoms with van der Waals surface area (Å²) >= 11 is 0. The molecule has 2 aromatic heterocycles. The molecular weight excluding hydrogens is 429 g/mol. The van der Waals surface area contributed by atoms with Crippen molar-refractivity contribution < 1.29 is 27.4 Å². The number of rotatable bonds is 4. The highest BCUT2D eigenvalue weighted by Crippen LogP contribution is 2.33. The number of nitrogens with zero attached hydrogens (tertiary/aromatic N) is 5. The molecule has 1 fully saturated rings. The molecule has 0 spiro atoms. The van der Waals surface area contributed by atoms with Crippen LogP contribution in [0.4, 0.5) is 9.18 Å². The number of hydrogen-bond donors (Lipinski definition) is 1. The van der Waals surface area contributed by atoms with Gasteiger partial charge < -0.3 is 14.7 Å². The van der Waals surface area contributed by atoms with Gasteiger partial charge in [0.1, 0.15) is 35.0 Å². The summed E-state index contributed by atoms with van der Waals surface area (Å²) in [6.45, 7) is 0.728. The second-order valence-electron chi connectivity index (χ2n) is 7.35. The number of ether oxygens (including phenoxy) is 1. The van der Waals surface area contributed by atoms with Crippen LogP contribution < -0.4 is 4.74 Å². The Labute approximate surface area is 177 Å². The predicted molar refractivity (Wildman–Crippen MR) is 108 cm³/mol. The fourth-order valence-corrected chi connectivity index (χ4v) is 4.22. The number of hydrogen-bond acceptors (Lipinski definition) is 7. The van der Waals surface area contributed by atoms with Gasteiger partial charge in [0, 0.05) is 44.8 Å². The maximum absolute atomic E-state index is 14.7. The molecule has 1 amide bonds. The van der Waals surface area contributed by atoms with Crippen LogP contribution in [0.5, 0.6) is 5.88 Å². The summed E-state index contributed by atoms with van der Waals surface area (Å²) in [5, 5.41) is 13.4. The van der Waals surface area contributed by atoms with Gasteiger partial charge in [0.2, 0.25) is 5.88 Å². The lowest BCUT2D eigenvalue weighted by atomic mass is 10.1. The van der Waals surface area contributed by atoms with Crippen molar-refractivity contribution in [3.63, 3.8) is 0 Å². The molecule has 12 heteroatoms. The van der Waals surface area contributed by atoms with E-state index in [1.54, 1.807) is 7.05 Å². The Morgan fingerprint density at radius 3 is 2.58 bits per heavy atom. The largest absolute Gasteiger partial charge is 0.473 e. The molecule has 0 radical (unpaired) electrons. The third-order valence-corrected chi connectivity index (χ3v) is 6.31. The van der Waals surface area contributed by atoms with E-state index in [9.17, 15) is 17.6 Å². The van der Waals surface area contributed by atoms with Gasteiger partial charge in [0.15, 0.2) is 9.84 Å². The summed E-state index contributed by atoms with van der Waals surface area (Å²) in [6.07, 6.45) is 2.16. The fourth-order valence-electron chi connectivity index (χ4n) is 3.58. The maximum atomic E-state index is 14.7. The van der Waals surface area contributed by atoms with Crippen LogP contribution in [0.2, 0.25) is 0 Å². The third-order valence-electron chi connectivity index (χ3n) is 5.20. The zero-order valence-electron chi connectivity index (χ0n) is 16.8. The van der Waals surface area contributed by atoms with E-state index in [1.807, 2.05) is 0 Å². The molecule has 1 aliphatic heterocycles. The van der Waals surface area contributed by atoms with E-state index in [4.69, 9.17) is 9.84 Å². The molecule has 4 rings (SSSR count). The summed E-state index contributed by atoms with van der Waals surface area (Å²) in [7, 11) is -1.89. The lowest BCUT2D eigenvalue weighted by Crippen LogP contribution is -2.41. The van der Waals surface area contributed by atoms with Gasteiger partial charge in [-0.15, -0.1) is 0 Å². The molecule has 0 atom stereocenters. The van der Waals surface area contributed by atoms with Crippen molar-refractivity contribution in [2.24, 2.45) is 7.05 Å². The fraction of sp³-hybridized carbons (Fsp3) is 0.368. The summed E-state index contributed by atoms with van der Waals surface area (Å²) in [4.78, 5) is 20.7. The third kappa shape index (κ3) is 4.02. The molecule has 0 saturated carbocycles. The number of aromatic nitrogens is 4. The molecule has 3 heterocycles. The van der Waals surface area contributed by atoms with Gasteiger partial charge in [0.25, 0.3) is 0 Å². The number of sulfone groups is 1. The number of amides is 1. The highest BCUT2D eigenvalue weighted by atomic mass is 32.2. The van der Waals surface area contributed by atoms with Crippen LogP contribution in [0.3, 0.4) is 0 Å². The van der Waals surface area contributed by atoms with Gasteiger partial charge in [-0.05, 0) is 18.2 Å². The van der Waals surface area contributed by atoms with Gasteiger partial charge >= 0.3 is 6.09 Å². The number of aryl methyl sites for hydroxylation is 1. The van der Waals surface area contributed by atoms with E-state index < -0.39 is 21.7 Å². The van der Waals surface area contributed by atoms with Crippen molar-refractivity contribution in [1.29, 1.82) is 0 Å². The Bertz CT molecular complexity index is 1270. The van der Waals surface area contributed by atoms with Crippen LogP contribution in [-0.2, 0) is 16.9 Å². The minimum Gasteiger partial charge on any atom is -0.473 e. The zero-order valence-corrected chi connectivity index (χ0v) is 17.6. The topological polar surface area (TPSA) is 128 Å². The Balaban J connectivity index is 1.68. The molecule has 1 aliphatic rings. The standard InChI is InChI=1S/C19H20FN5O5S/c1-24-17-16(15(23-24)13-4-3-12(9-14(13)20)31(2,28)29)21-10-22-18(17)30-11-5-7-25(8-6-11)19(26)27/h3-4,9-11H,5-8H2,1-2H3,(H,26,27). The number of carbonyl (C=O) groups is 1. The van der Waals surface area contributed by atoms with Crippen LogP contribution in [0.15, 0.2) is 29.4 Å². The van der Waals surface area contributed by atoms with Crippen LogP contribution in [-0.4, -0.2) is 69.7 Å². The molecule has 3 aromatic rings. The minimum atomic E-state index is -3.55. The average Bonchev–Trinajstić information content (AvgIpc) is 3.05. The van der Waals surface area contributed by atoms with E-state index in [2.05, 4.69) is 15.1 Å². The molecule has 1 saturated heterocycles. The molecule has 1 N–H and O–H groups in total. The minimum absolute atomic E-state index is 0.109. The van der Waals surface area contributed by atoms with Crippen molar-refractivity contribution in [3.05, 3.63) is 30.3 Å². The number of piperidine rings is 1. The van der Waals surface area contributed by atoms with E-state index in [-0.39, 0.29) is 28.1 Å². The van der Waals surface area contributed by atoms with Crippen LogP contribution in [0, 0.1) is 5.82 Å². The first-order valence-corrected chi connectivity index (χ1v) is 11.4. The smallest absolute Gasteiger partial charge is 0.407 e. The second kappa shape index (κ2) is 7.76. The molecule has 164 valence electrons. The molecule has 1 aromatic carbocycles. The highest BCUT2D eigenvalue weighted by Gasteiger charge is 2.26. The summed E-state index contributed by atoms with van der Waals surface area (Å²) in [5.74, 6) is -0.460. The highest BCUT2D eigenvalue weighted by molar-refractivity contribution is 7.90. The van der Waals surface area contributed by atoms with Gasteiger partial charge in [0.05, 0.1) is 4.90 Å². The summed E-state index contributed by atoms with van der Waals surface area (Å²) in [5.41, 5.74) is 1.17. The van der Waals surface area contributed by atoms with E-state index >= 15 is 0 Å². The molecule has 0 unspecified atom stereocenters.